The topological polar surface area (TPSA) is 0 Å². The van der Waals surface area contributed by atoms with E-state index in [1.54, 1.807) is 12.1 Å². The third-order valence-electron chi connectivity index (χ3n) is 3.97. The van der Waals surface area contributed by atoms with Gasteiger partial charge < -0.3 is 0 Å². The van der Waals surface area contributed by atoms with Crippen molar-refractivity contribution in [2.45, 2.75) is 0 Å². The SMILES string of the molecule is Fc1ccc(Br)c(-c2cccc3cc4ccccc4cc23)c1. The average molecular weight is 351 g/mol. The molecule has 0 saturated carbocycles. The second-order valence-electron chi connectivity index (χ2n) is 5.35. The van der Waals surface area contributed by atoms with Gasteiger partial charge in [-0.25, -0.2) is 4.39 Å². The molecule has 0 saturated heterocycles. The van der Waals surface area contributed by atoms with Gasteiger partial charge in [0.25, 0.3) is 0 Å². The molecule has 0 amide bonds. The first-order valence-electron chi connectivity index (χ1n) is 7.09. The first kappa shape index (κ1) is 13.5. The van der Waals surface area contributed by atoms with Gasteiger partial charge >= 0.3 is 0 Å². The predicted octanol–water partition coefficient (Wildman–Crippen LogP) is 6.56. The molecule has 0 bridgehead atoms. The van der Waals surface area contributed by atoms with Crippen molar-refractivity contribution in [2.75, 3.05) is 0 Å². The Balaban J connectivity index is 2.09. The van der Waals surface area contributed by atoms with E-state index in [-0.39, 0.29) is 5.82 Å². The Morgan fingerprint density at radius 2 is 1.36 bits per heavy atom. The summed E-state index contributed by atoms with van der Waals surface area (Å²) >= 11 is 3.54. The van der Waals surface area contributed by atoms with Crippen LogP contribution in [0.2, 0.25) is 0 Å². The fourth-order valence-corrected chi connectivity index (χ4v) is 3.37. The molecule has 0 nitrogen and oxygen atoms in total. The van der Waals surface area contributed by atoms with Crippen molar-refractivity contribution in [2.24, 2.45) is 0 Å². The predicted molar refractivity (Wildman–Crippen MR) is 94.5 cm³/mol. The molecule has 0 atom stereocenters. The molecule has 4 aromatic rings. The third-order valence-corrected chi connectivity index (χ3v) is 4.66. The molecule has 4 rings (SSSR count). The molecule has 2 heteroatoms. The van der Waals surface area contributed by atoms with Gasteiger partial charge in [-0.2, -0.15) is 0 Å². The molecule has 0 spiro atoms. The van der Waals surface area contributed by atoms with Crippen LogP contribution in [0.15, 0.2) is 77.3 Å². The maximum atomic E-state index is 13.7. The summed E-state index contributed by atoms with van der Waals surface area (Å²) < 4.78 is 14.6. The van der Waals surface area contributed by atoms with Crippen LogP contribution in [-0.4, -0.2) is 0 Å². The molecule has 0 radical (unpaired) electrons. The van der Waals surface area contributed by atoms with Crippen molar-refractivity contribution in [1.29, 1.82) is 0 Å². The average Bonchev–Trinajstić information content (AvgIpc) is 2.55. The van der Waals surface area contributed by atoms with Crippen LogP contribution in [0.3, 0.4) is 0 Å². The van der Waals surface area contributed by atoms with E-state index < -0.39 is 0 Å². The van der Waals surface area contributed by atoms with Crippen LogP contribution in [-0.2, 0) is 0 Å². The van der Waals surface area contributed by atoms with Gasteiger partial charge in [-0.15, -0.1) is 0 Å². The van der Waals surface area contributed by atoms with Crippen molar-refractivity contribution in [3.63, 3.8) is 0 Å². The second-order valence-corrected chi connectivity index (χ2v) is 6.20. The highest BCUT2D eigenvalue weighted by Gasteiger charge is 2.09. The Morgan fingerprint density at radius 3 is 2.18 bits per heavy atom. The highest BCUT2D eigenvalue weighted by atomic mass is 79.9. The van der Waals surface area contributed by atoms with Crippen LogP contribution in [0.25, 0.3) is 32.7 Å². The third kappa shape index (κ3) is 2.20. The van der Waals surface area contributed by atoms with Gasteiger partial charge in [0.1, 0.15) is 5.82 Å². The van der Waals surface area contributed by atoms with Crippen LogP contribution >= 0.6 is 15.9 Å². The molecular weight excluding hydrogens is 339 g/mol. The van der Waals surface area contributed by atoms with E-state index in [0.717, 1.165) is 26.4 Å². The van der Waals surface area contributed by atoms with Crippen molar-refractivity contribution in [3.05, 3.63) is 83.1 Å². The smallest absolute Gasteiger partial charge is 0.123 e. The lowest BCUT2D eigenvalue weighted by molar-refractivity contribution is 0.628. The van der Waals surface area contributed by atoms with Gasteiger partial charge in [-0.3, -0.25) is 0 Å². The number of benzene rings is 4. The largest absolute Gasteiger partial charge is 0.207 e. The summed E-state index contributed by atoms with van der Waals surface area (Å²) in [4.78, 5) is 0. The number of fused-ring (bicyclic) bond motifs is 2. The monoisotopic (exact) mass is 350 g/mol. The fraction of sp³-hybridized carbons (Fsp3) is 0. The summed E-state index contributed by atoms with van der Waals surface area (Å²) in [6.07, 6.45) is 0. The highest BCUT2D eigenvalue weighted by Crippen LogP contribution is 2.35. The van der Waals surface area contributed by atoms with E-state index in [1.807, 2.05) is 24.3 Å². The second kappa shape index (κ2) is 5.22. The summed E-state index contributed by atoms with van der Waals surface area (Å²) in [5.41, 5.74) is 1.91. The van der Waals surface area contributed by atoms with Crippen molar-refractivity contribution >= 4 is 37.5 Å². The number of rotatable bonds is 1. The van der Waals surface area contributed by atoms with Gasteiger partial charge in [0, 0.05) is 4.47 Å². The minimum Gasteiger partial charge on any atom is -0.207 e. The van der Waals surface area contributed by atoms with Crippen LogP contribution in [0.4, 0.5) is 4.39 Å². The lowest BCUT2D eigenvalue weighted by atomic mass is 9.95. The molecule has 0 heterocycles. The molecule has 4 aromatic carbocycles. The zero-order valence-corrected chi connectivity index (χ0v) is 13.3. The van der Waals surface area contributed by atoms with Gasteiger partial charge in [-0.1, -0.05) is 58.4 Å². The van der Waals surface area contributed by atoms with E-state index >= 15 is 0 Å². The molecule has 0 aliphatic carbocycles. The Morgan fingerprint density at radius 1 is 0.636 bits per heavy atom. The maximum absolute atomic E-state index is 13.7. The minimum absolute atomic E-state index is 0.226. The summed E-state index contributed by atoms with van der Waals surface area (Å²) in [5.74, 6) is -0.226. The van der Waals surface area contributed by atoms with Crippen LogP contribution in [0.5, 0.6) is 0 Å². The first-order chi connectivity index (χ1) is 10.7. The molecular formula is C20H12BrF. The van der Waals surface area contributed by atoms with Crippen LogP contribution < -0.4 is 0 Å². The Labute approximate surface area is 136 Å². The minimum atomic E-state index is -0.226. The van der Waals surface area contributed by atoms with Gasteiger partial charge in [0.15, 0.2) is 0 Å². The van der Waals surface area contributed by atoms with Gasteiger partial charge in [-0.05, 0) is 63.0 Å². The highest BCUT2D eigenvalue weighted by molar-refractivity contribution is 9.10. The lowest BCUT2D eigenvalue weighted by Gasteiger charge is -2.10. The van der Waals surface area contributed by atoms with Crippen LogP contribution in [0, 0.1) is 5.82 Å². The molecule has 0 N–H and O–H groups in total. The number of hydrogen-bond donors (Lipinski definition) is 0. The maximum Gasteiger partial charge on any atom is 0.123 e. The summed E-state index contributed by atoms with van der Waals surface area (Å²) in [7, 11) is 0. The quantitative estimate of drug-likeness (QED) is 0.341. The molecule has 106 valence electrons. The summed E-state index contributed by atoms with van der Waals surface area (Å²) in [6, 6.07) is 23.6. The Hall–Kier alpha value is -2.19. The van der Waals surface area contributed by atoms with E-state index in [9.17, 15) is 4.39 Å². The first-order valence-corrected chi connectivity index (χ1v) is 7.89. The molecule has 22 heavy (non-hydrogen) atoms. The molecule has 0 aliphatic heterocycles. The zero-order chi connectivity index (χ0) is 15.1. The van der Waals surface area contributed by atoms with Crippen LogP contribution in [0.1, 0.15) is 0 Å². The van der Waals surface area contributed by atoms with E-state index in [2.05, 4.69) is 46.3 Å². The molecule has 0 aliphatic rings. The molecule has 0 fully saturated rings. The zero-order valence-electron chi connectivity index (χ0n) is 11.7. The van der Waals surface area contributed by atoms with Gasteiger partial charge in [0.2, 0.25) is 0 Å². The van der Waals surface area contributed by atoms with E-state index in [0.29, 0.717) is 0 Å². The molecule has 0 unspecified atom stereocenters. The van der Waals surface area contributed by atoms with Gasteiger partial charge in [0.05, 0.1) is 0 Å². The van der Waals surface area contributed by atoms with E-state index in [4.69, 9.17) is 0 Å². The molecule has 0 aromatic heterocycles. The normalized spacial score (nSPS) is 11.2. The van der Waals surface area contributed by atoms with Crippen molar-refractivity contribution in [1.82, 2.24) is 0 Å². The van der Waals surface area contributed by atoms with Crippen molar-refractivity contribution in [3.8, 4) is 11.1 Å². The standard InChI is InChI=1S/C20H12BrF/c21-20-9-8-16(22)12-19(20)17-7-3-6-15-10-13-4-1-2-5-14(13)11-18(15)17/h1-12H. The summed E-state index contributed by atoms with van der Waals surface area (Å²) in [5, 5.41) is 4.69. The van der Waals surface area contributed by atoms with E-state index in [1.165, 1.54) is 16.8 Å². The van der Waals surface area contributed by atoms with Crippen molar-refractivity contribution < 1.29 is 4.39 Å². The summed E-state index contributed by atoms with van der Waals surface area (Å²) in [6.45, 7) is 0. The number of halogens is 2. The number of hydrogen-bond acceptors (Lipinski definition) is 0. The Kier molecular flexibility index (Phi) is 3.20. The Bertz CT molecular complexity index is 1000. The fourth-order valence-electron chi connectivity index (χ4n) is 2.91. The lowest BCUT2D eigenvalue weighted by Crippen LogP contribution is -1.85.